The van der Waals surface area contributed by atoms with E-state index in [1.807, 2.05) is 6.92 Å². The van der Waals surface area contributed by atoms with Crippen LogP contribution in [-0.4, -0.2) is 26.6 Å². The Morgan fingerprint density at radius 2 is 2.05 bits per heavy atom. The van der Waals surface area contributed by atoms with E-state index >= 15 is 0 Å². The number of unbranched alkanes of at least 4 members (excludes halogenated alkanes) is 2. The minimum absolute atomic E-state index is 0.183. The van der Waals surface area contributed by atoms with Crippen molar-refractivity contribution in [1.82, 2.24) is 19.5 Å². The summed E-state index contributed by atoms with van der Waals surface area (Å²) in [7, 11) is 1.59. The smallest absolute Gasteiger partial charge is 0.245 e. The van der Waals surface area contributed by atoms with Crippen LogP contribution in [-0.2, 0) is 0 Å². The highest BCUT2D eigenvalue weighted by Gasteiger charge is 2.22. The molecule has 0 bridgehead atoms. The molecule has 2 heterocycles. The van der Waals surface area contributed by atoms with Gasteiger partial charge in [0.05, 0.1) is 12.5 Å². The molecule has 0 amide bonds. The summed E-state index contributed by atoms with van der Waals surface area (Å²) < 4.78 is 7.42. The topological polar surface area (TPSA) is 52.8 Å². The van der Waals surface area contributed by atoms with Gasteiger partial charge in [-0.05, 0) is 20.3 Å². The lowest BCUT2D eigenvalue weighted by Gasteiger charge is -2.17. The van der Waals surface area contributed by atoms with Gasteiger partial charge in [-0.15, -0.1) is 11.6 Å². The molecule has 0 aromatic carbocycles. The Kier molecular flexibility index (Phi) is 5.39. The van der Waals surface area contributed by atoms with Gasteiger partial charge in [-0.2, -0.15) is 4.98 Å². The fourth-order valence-corrected chi connectivity index (χ4v) is 2.74. The first-order chi connectivity index (χ1) is 10.1. The summed E-state index contributed by atoms with van der Waals surface area (Å²) in [5.41, 5.74) is 1.48. The first-order valence-corrected chi connectivity index (χ1v) is 7.94. The van der Waals surface area contributed by atoms with Crippen LogP contribution in [0.5, 0.6) is 5.88 Å². The SMILES string of the molecule is CCCCCC(C)n1c(C(C)Cl)nc2c(OC)ncnc21. The van der Waals surface area contributed by atoms with E-state index in [-0.39, 0.29) is 5.38 Å². The molecule has 0 radical (unpaired) electrons. The van der Waals surface area contributed by atoms with Gasteiger partial charge in [0.15, 0.2) is 11.2 Å². The Labute approximate surface area is 130 Å². The molecule has 116 valence electrons. The van der Waals surface area contributed by atoms with Crippen LogP contribution in [0.1, 0.15) is 63.7 Å². The van der Waals surface area contributed by atoms with E-state index in [1.165, 1.54) is 25.6 Å². The second-order valence-electron chi connectivity index (χ2n) is 5.36. The molecular weight excluding hydrogens is 288 g/mol. The van der Waals surface area contributed by atoms with Crippen molar-refractivity contribution in [3.63, 3.8) is 0 Å². The molecule has 0 aliphatic heterocycles. The third-order valence-corrected chi connectivity index (χ3v) is 3.88. The number of ether oxygens (including phenoxy) is 1. The Morgan fingerprint density at radius 3 is 2.67 bits per heavy atom. The van der Waals surface area contributed by atoms with Crippen LogP contribution in [0.15, 0.2) is 6.33 Å². The molecule has 6 heteroatoms. The second kappa shape index (κ2) is 7.07. The molecule has 0 aliphatic rings. The lowest BCUT2D eigenvalue weighted by atomic mass is 10.1. The first kappa shape index (κ1) is 16.0. The summed E-state index contributed by atoms with van der Waals surface area (Å²) in [5, 5.41) is -0.183. The van der Waals surface area contributed by atoms with Crippen LogP contribution in [0.2, 0.25) is 0 Å². The molecule has 0 fully saturated rings. The standard InChI is InChI=1S/C15H23ClN4O/c1-5-6-7-8-10(2)20-13(11(3)16)19-12-14(20)17-9-18-15(12)21-4/h9-11H,5-8H2,1-4H3. The van der Waals surface area contributed by atoms with Gasteiger partial charge in [0.2, 0.25) is 5.88 Å². The average molecular weight is 311 g/mol. The van der Waals surface area contributed by atoms with E-state index in [4.69, 9.17) is 16.3 Å². The molecule has 0 N–H and O–H groups in total. The van der Waals surface area contributed by atoms with Gasteiger partial charge in [0, 0.05) is 6.04 Å². The third-order valence-electron chi connectivity index (χ3n) is 3.69. The molecule has 2 atom stereocenters. The number of nitrogens with zero attached hydrogens (tertiary/aromatic N) is 4. The fraction of sp³-hybridized carbons (Fsp3) is 0.667. The lowest BCUT2D eigenvalue weighted by molar-refractivity contribution is 0.401. The van der Waals surface area contributed by atoms with Gasteiger partial charge >= 0.3 is 0 Å². The average Bonchev–Trinajstić information content (AvgIpc) is 2.87. The number of aromatic nitrogens is 4. The van der Waals surface area contributed by atoms with Crippen LogP contribution in [0, 0.1) is 0 Å². The molecule has 0 aliphatic carbocycles. The van der Waals surface area contributed by atoms with Crippen LogP contribution >= 0.6 is 11.6 Å². The summed E-state index contributed by atoms with van der Waals surface area (Å²) in [6.07, 6.45) is 6.24. The highest BCUT2D eigenvalue weighted by atomic mass is 35.5. The number of hydrogen-bond acceptors (Lipinski definition) is 4. The van der Waals surface area contributed by atoms with Crippen LogP contribution in [0.25, 0.3) is 11.2 Å². The molecule has 0 spiro atoms. The summed E-state index contributed by atoms with van der Waals surface area (Å²) in [4.78, 5) is 13.1. The van der Waals surface area contributed by atoms with Crippen molar-refractivity contribution in [2.45, 2.75) is 57.9 Å². The first-order valence-electron chi connectivity index (χ1n) is 7.51. The van der Waals surface area contributed by atoms with E-state index in [0.717, 1.165) is 17.9 Å². The summed E-state index contributed by atoms with van der Waals surface area (Å²) >= 11 is 6.31. The van der Waals surface area contributed by atoms with E-state index in [9.17, 15) is 0 Å². The van der Waals surface area contributed by atoms with Crippen molar-refractivity contribution < 1.29 is 4.74 Å². The van der Waals surface area contributed by atoms with E-state index < -0.39 is 0 Å². The Hall–Kier alpha value is -1.36. The zero-order valence-electron chi connectivity index (χ0n) is 13.1. The van der Waals surface area contributed by atoms with Crippen molar-refractivity contribution in [2.75, 3.05) is 7.11 Å². The quantitative estimate of drug-likeness (QED) is 0.566. The highest BCUT2D eigenvalue weighted by Crippen LogP contribution is 2.31. The number of methoxy groups -OCH3 is 1. The number of fused-ring (bicyclic) bond motifs is 1. The van der Waals surface area contributed by atoms with Gasteiger partial charge in [-0.3, -0.25) is 0 Å². The van der Waals surface area contributed by atoms with Gasteiger partial charge in [0.1, 0.15) is 12.2 Å². The minimum Gasteiger partial charge on any atom is -0.479 e. The molecule has 2 aromatic rings. The summed E-state index contributed by atoms with van der Waals surface area (Å²) in [6.45, 7) is 6.33. The summed E-state index contributed by atoms with van der Waals surface area (Å²) in [6, 6.07) is 0.303. The minimum atomic E-state index is -0.183. The largest absolute Gasteiger partial charge is 0.479 e. The van der Waals surface area contributed by atoms with Gasteiger partial charge in [0.25, 0.3) is 0 Å². The van der Waals surface area contributed by atoms with Crippen molar-refractivity contribution >= 4 is 22.8 Å². The van der Waals surface area contributed by atoms with Crippen molar-refractivity contribution in [1.29, 1.82) is 0 Å². The predicted molar refractivity (Wildman–Crippen MR) is 85.0 cm³/mol. The Morgan fingerprint density at radius 1 is 1.29 bits per heavy atom. The monoisotopic (exact) mass is 310 g/mol. The van der Waals surface area contributed by atoms with Gasteiger partial charge < -0.3 is 9.30 Å². The molecule has 21 heavy (non-hydrogen) atoms. The number of hydrogen-bond donors (Lipinski definition) is 0. The van der Waals surface area contributed by atoms with Crippen LogP contribution < -0.4 is 4.74 Å². The molecule has 0 saturated heterocycles. The number of imidazole rings is 1. The predicted octanol–water partition coefficient (Wildman–Crippen LogP) is 4.28. The fourth-order valence-electron chi connectivity index (χ4n) is 2.59. The molecule has 2 aromatic heterocycles. The third kappa shape index (κ3) is 3.28. The Balaban J connectivity index is 2.46. The maximum absolute atomic E-state index is 6.31. The molecule has 0 saturated carbocycles. The van der Waals surface area contributed by atoms with E-state index in [2.05, 4.69) is 33.4 Å². The lowest BCUT2D eigenvalue weighted by Crippen LogP contribution is -2.10. The maximum atomic E-state index is 6.31. The maximum Gasteiger partial charge on any atom is 0.245 e. The number of rotatable bonds is 7. The second-order valence-corrected chi connectivity index (χ2v) is 6.01. The number of halogens is 1. The van der Waals surface area contributed by atoms with Gasteiger partial charge in [-0.25, -0.2) is 9.97 Å². The molecule has 2 rings (SSSR count). The van der Waals surface area contributed by atoms with Crippen LogP contribution in [0.4, 0.5) is 0 Å². The summed E-state index contributed by atoms with van der Waals surface area (Å²) in [5.74, 6) is 1.33. The van der Waals surface area contributed by atoms with Gasteiger partial charge in [-0.1, -0.05) is 26.2 Å². The normalized spacial score (nSPS) is 14.3. The molecule has 2 unspecified atom stereocenters. The molecule has 5 nitrogen and oxygen atoms in total. The van der Waals surface area contributed by atoms with Crippen molar-refractivity contribution in [2.24, 2.45) is 0 Å². The zero-order chi connectivity index (χ0) is 15.4. The van der Waals surface area contributed by atoms with Crippen molar-refractivity contribution in [3.05, 3.63) is 12.2 Å². The Bertz CT molecular complexity index is 597. The van der Waals surface area contributed by atoms with Crippen LogP contribution in [0.3, 0.4) is 0 Å². The highest BCUT2D eigenvalue weighted by molar-refractivity contribution is 6.20. The van der Waals surface area contributed by atoms with E-state index in [1.54, 1.807) is 7.11 Å². The van der Waals surface area contributed by atoms with E-state index in [0.29, 0.717) is 17.4 Å². The molecular formula is C15H23ClN4O. The zero-order valence-corrected chi connectivity index (χ0v) is 13.9. The number of alkyl halides is 1. The van der Waals surface area contributed by atoms with Crippen molar-refractivity contribution in [3.8, 4) is 5.88 Å².